The van der Waals surface area contributed by atoms with Gasteiger partial charge in [0.2, 0.25) is 0 Å². The fourth-order valence-corrected chi connectivity index (χ4v) is 4.83. The first-order chi connectivity index (χ1) is 16.2. The maximum Gasteiger partial charge on any atom is 0.347 e. The summed E-state index contributed by atoms with van der Waals surface area (Å²) in [4.78, 5) is 41.2. The number of nitrogens with zero attached hydrogens (tertiary/aromatic N) is 1. The molecule has 0 N–H and O–H groups in total. The van der Waals surface area contributed by atoms with Gasteiger partial charge in [0.1, 0.15) is 11.3 Å². The second-order valence-electron chi connectivity index (χ2n) is 8.94. The molecule has 0 radical (unpaired) electrons. The molecule has 2 aromatic carbocycles. The van der Waals surface area contributed by atoms with Crippen LogP contribution in [0, 0.1) is 0 Å². The summed E-state index contributed by atoms with van der Waals surface area (Å²) in [5.74, 6) is 0.0521. The van der Waals surface area contributed by atoms with Gasteiger partial charge in [-0.15, -0.1) is 0 Å². The Morgan fingerprint density at radius 1 is 1.06 bits per heavy atom. The van der Waals surface area contributed by atoms with Crippen LogP contribution in [0.15, 0.2) is 57.8 Å². The second-order valence-corrected chi connectivity index (χ2v) is 8.94. The van der Waals surface area contributed by atoms with Crippen molar-refractivity contribution in [3.05, 3.63) is 75.7 Å². The van der Waals surface area contributed by atoms with Crippen LogP contribution in [0.4, 0.5) is 5.69 Å². The van der Waals surface area contributed by atoms with Gasteiger partial charge in [-0.05, 0) is 56.7 Å². The molecule has 0 unspecified atom stereocenters. The van der Waals surface area contributed by atoms with E-state index in [-0.39, 0.29) is 22.6 Å². The van der Waals surface area contributed by atoms with Gasteiger partial charge in [0.15, 0.2) is 17.1 Å². The molecule has 3 aromatic rings. The van der Waals surface area contributed by atoms with Crippen LogP contribution >= 0.6 is 0 Å². The van der Waals surface area contributed by atoms with Crippen LogP contribution in [-0.2, 0) is 4.79 Å². The molecule has 0 atom stereocenters. The average molecular weight is 457 g/mol. The van der Waals surface area contributed by atoms with Gasteiger partial charge in [0.05, 0.1) is 31.0 Å². The zero-order valence-corrected chi connectivity index (χ0v) is 19.5. The number of amides is 1. The molecule has 2 aliphatic rings. The van der Waals surface area contributed by atoms with E-state index in [4.69, 9.17) is 13.9 Å². The number of ether oxygens (including phenoxy) is 2. The number of hydrogen-bond donors (Lipinski definition) is 0. The normalized spacial score (nSPS) is 17.1. The standard InChI is InChI=1S/C27H23NO6/c1-14-13-27(2,3)28-23-17(14)10-16(32-4)11-18(23)19(25(28)30)12-21(29)20-9-15-7-6-8-22(33-5)24(15)34-26(20)31/h6-13H,1-5H3/b19-12+. The smallest absolute Gasteiger partial charge is 0.347 e. The first-order valence-electron chi connectivity index (χ1n) is 10.8. The molecule has 0 saturated carbocycles. The molecular formula is C27H23NO6. The van der Waals surface area contributed by atoms with Crippen molar-refractivity contribution < 1.29 is 23.5 Å². The van der Waals surface area contributed by atoms with E-state index in [2.05, 4.69) is 0 Å². The topological polar surface area (TPSA) is 86.0 Å². The molecule has 0 fully saturated rings. The first-order valence-corrected chi connectivity index (χ1v) is 10.8. The molecule has 2 aliphatic heterocycles. The third-order valence-corrected chi connectivity index (χ3v) is 6.32. The van der Waals surface area contributed by atoms with Crippen LogP contribution in [0.1, 0.15) is 42.3 Å². The molecule has 34 heavy (non-hydrogen) atoms. The van der Waals surface area contributed by atoms with Crippen LogP contribution < -0.4 is 20.0 Å². The van der Waals surface area contributed by atoms with Gasteiger partial charge in [0.25, 0.3) is 5.91 Å². The van der Waals surface area contributed by atoms with Crippen LogP contribution in [0.3, 0.4) is 0 Å². The molecule has 0 spiro atoms. The molecule has 3 heterocycles. The van der Waals surface area contributed by atoms with Crippen molar-refractivity contribution in [2.45, 2.75) is 26.3 Å². The zero-order valence-electron chi connectivity index (χ0n) is 19.5. The van der Waals surface area contributed by atoms with Crippen molar-refractivity contribution in [1.29, 1.82) is 0 Å². The highest BCUT2D eigenvalue weighted by molar-refractivity contribution is 6.37. The summed E-state index contributed by atoms with van der Waals surface area (Å²) in [5, 5.41) is 0.545. The Morgan fingerprint density at radius 2 is 1.79 bits per heavy atom. The Kier molecular flexibility index (Phi) is 4.75. The largest absolute Gasteiger partial charge is 0.497 e. The lowest BCUT2D eigenvalue weighted by Crippen LogP contribution is -2.46. The highest BCUT2D eigenvalue weighted by Gasteiger charge is 2.45. The molecule has 0 aliphatic carbocycles. The Balaban J connectivity index is 1.68. The van der Waals surface area contributed by atoms with Gasteiger partial charge in [0, 0.05) is 16.5 Å². The minimum absolute atomic E-state index is 0.160. The third kappa shape index (κ3) is 3.08. The van der Waals surface area contributed by atoms with E-state index in [0.717, 1.165) is 16.8 Å². The van der Waals surface area contributed by atoms with E-state index < -0.39 is 16.9 Å². The highest BCUT2D eigenvalue weighted by atomic mass is 16.5. The predicted octanol–water partition coefficient (Wildman–Crippen LogP) is 4.62. The number of para-hydroxylation sites is 1. The fraction of sp³-hybridized carbons (Fsp3) is 0.222. The third-order valence-electron chi connectivity index (χ3n) is 6.32. The molecule has 5 rings (SSSR count). The lowest BCUT2D eigenvalue weighted by molar-refractivity contribution is -0.113. The molecule has 7 heteroatoms. The number of fused-ring (bicyclic) bond motifs is 1. The fourth-order valence-electron chi connectivity index (χ4n) is 4.83. The Hall–Kier alpha value is -4.13. The summed E-state index contributed by atoms with van der Waals surface area (Å²) in [6.45, 7) is 5.88. The van der Waals surface area contributed by atoms with Gasteiger partial charge >= 0.3 is 5.63 Å². The van der Waals surface area contributed by atoms with Crippen molar-refractivity contribution in [2.24, 2.45) is 0 Å². The van der Waals surface area contributed by atoms with Crippen molar-refractivity contribution in [1.82, 2.24) is 0 Å². The minimum atomic E-state index is -0.796. The van der Waals surface area contributed by atoms with Crippen molar-refractivity contribution in [3.8, 4) is 11.5 Å². The number of ketones is 1. The minimum Gasteiger partial charge on any atom is -0.497 e. The number of hydrogen-bond acceptors (Lipinski definition) is 6. The monoisotopic (exact) mass is 457 g/mol. The van der Waals surface area contributed by atoms with Crippen LogP contribution in [0.25, 0.3) is 22.1 Å². The van der Waals surface area contributed by atoms with Gasteiger partial charge in [-0.25, -0.2) is 4.79 Å². The summed E-state index contributed by atoms with van der Waals surface area (Å²) < 4.78 is 16.1. The molecule has 1 amide bonds. The van der Waals surface area contributed by atoms with Crippen molar-refractivity contribution in [2.75, 3.05) is 19.1 Å². The lowest BCUT2D eigenvalue weighted by atomic mass is 9.89. The zero-order chi connectivity index (χ0) is 24.4. The van der Waals surface area contributed by atoms with E-state index in [9.17, 15) is 14.4 Å². The molecular weight excluding hydrogens is 434 g/mol. The maximum atomic E-state index is 13.6. The molecule has 172 valence electrons. The lowest BCUT2D eigenvalue weighted by Gasteiger charge is -2.38. The number of allylic oxidation sites excluding steroid dienone is 2. The second kappa shape index (κ2) is 7.45. The van der Waals surface area contributed by atoms with Gasteiger partial charge in [-0.2, -0.15) is 0 Å². The molecule has 0 saturated heterocycles. The van der Waals surface area contributed by atoms with E-state index in [1.165, 1.54) is 19.3 Å². The molecule has 7 nitrogen and oxygen atoms in total. The Labute approximate surface area is 195 Å². The van der Waals surface area contributed by atoms with Crippen LogP contribution in [0.2, 0.25) is 0 Å². The summed E-state index contributed by atoms with van der Waals surface area (Å²) in [7, 11) is 3.03. The first kappa shape index (κ1) is 21.7. The maximum absolute atomic E-state index is 13.6. The van der Waals surface area contributed by atoms with Gasteiger partial charge in [-0.3, -0.25) is 14.5 Å². The van der Waals surface area contributed by atoms with E-state index in [1.54, 1.807) is 36.3 Å². The number of carbonyl (C=O) groups excluding carboxylic acids is 2. The van der Waals surface area contributed by atoms with Crippen molar-refractivity contribution >= 4 is 39.5 Å². The summed E-state index contributed by atoms with van der Waals surface area (Å²) in [6.07, 6.45) is 3.24. The van der Waals surface area contributed by atoms with Crippen molar-refractivity contribution in [3.63, 3.8) is 0 Å². The van der Waals surface area contributed by atoms with Gasteiger partial charge in [-0.1, -0.05) is 18.2 Å². The summed E-state index contributed by atoms with van der Waals surface area (Å²) in [6, 6.07) is 10.2. The van der Waals surface area contributed by atoms with E-state index in [1.807, 2.05) is 32.9 Å². The van der Waals surface area contributed by atoms with E-state index >= 15 is 0 Å². The number of anilines is 1. The number of methoxy groups -OCH3 is 2. The Bertz CT molecular complexity index is 1520. The molecule has 0 bridgehead atoms. The van der Waals surface area contributed by atoms with E-state index in [0.29, 0.717) is 22.4 Å². The number of benzene rings is 2. The average Bonchev–Trinajstić information content (AvgIpc) is 3.08. The molecule has 1 aromatic heterocycles. The Morgan fingerprint density at radius 3 is 2.50 bits per heavy atom. The number of rotatable bonds is 4. The van der Waals surface area contributed by atoms with Crippen LogP contribution in [0.5, 0.6) is 11.5 Å². The van der Waals surface area contributed by atoms with Crippen LogP contribution in [-0.4, -0.2) is 31.4 Å². The summed E-state index contributed by atoms with van der Waals surface area (Å²) in [5.41, 5.74) is 2.15. The highest BCUT2D eigenvalue weighted by Crippen LogP contribution is 2.50. The quantitative estimate of drug-likeness (QED) is 0.323. The number of carbonyl (C=O) groups is 2. The summed E-state index contributed by atoms with van der Waals surface area (Å²) >= 11 is 0. The predicted molar refractivity (Wildman–Crippen MR) is 130 cm³/mol. The van der Waals surface area contributed by atoms with Gasteiger partial charge < -0.3 is 13.9 Å². The SMILES string of the molecule is COc1cc2c3c(c1)/C(=C\C(=O)c1cc4cccc(OC)c4oc1=O)C(=O)N3C(C)(C)C=C2C.